The minimum absolute atomic E-state index is 0.0530. The fourth-order valence-electron chi connectivity index (χ4n) is 4.34. The van der Waals surface area contributed by atoms with Crippen molar-refractivity contribution in [3.8, 4) is 0 Å². The molecule has 1 saturated carbocycles. The lowest BCUT2D eigenvalue weighted by molar-refractivity contribution is -0.128. The second-order valence-electron chi connectivity index (χ2n) is 8.09. The number of hydrogen-bond acceptors (Lipinski definition) is 5. The molecule has 0 saturated heterocycles. The van der Waals surface area contributed by atoms with E-state index in [1.54, 1.807) is 36.4 Å². The maximum Gasteiger partial charge on any atom is 0.410 e. The van der Waals surface area contributed by atoms with Gasteiger partial charge in [-0.1, -0.05) is 54.1 Å². The number of anilines is 1. The third-order valence-electron chi connectivity index (χ3n) is 5.95. The second kappa shape index (κ2) is 7.99. The molecule has 174 valence electrons. The number of allylic oxidation sites excluding steroid dienone is 4. The molecule has 0 bridgehead atoms. The lowest BCUT2D eigenvalue weighted by Gasteiger charge is -2.41. The van der Waals surface area contributed by atoms with Gasteiger partial charge in [0.25, 0.3) is 0 Å². The molecule has 0 aliphatic heterocycles. The minimum Gasteiger partial charge on any atom is -0.465 e. The van der Waals surface area contributed by atoms with Crippen molar-refractivity contribution in [2.45, 2.75) is 24.8 Å². The molecule has 1 heterocycles. The SMILES string of the molecule is CS(=O)(=O)NC(=O)C1(C2(n3ncc(Cl)c3NC(=O)O)C=CC(c3ccccc3)=C(F)C2)CC1. The van der Waals surface area contributed by atoms with Crippen LogP contribution < -0.4 is 10.0 Å². The average Bonchev–Trinajstić information content (AvgIpc) is 3.48. The summed E-state index contributed by atoms with van der Waals surface area (Å²) in [5.41, 5.74) is -2.02. The molecule has 12 heteroatoms. The molecule has 2 amide bonds. The van der Waals surface area contributed by atoms with E-state index in [9.17, 15) is 23.1 Å². The van der Waals surface area contributed by atoms with Crippen LogP contribution in [0.3, 0.4) is 0 Å². The molecule has 0 radical (unpaired) electrons. The Morgan fingerprint density at radius 3 is 2.45 bits per heavy atom. The highest BCUT2D eigenvalue weighted by atomic mass is 35.5. The molecule has 1 aromatic carbocycles. The molecule has 2 aromatic rings. The first-order valence-corrected chi connectivity index (χ1v) is 12.2. The number of halogens is 2. The molecular weight excluding hydrogens is 475 g/mol. The van der Waals surface area contributed by atoms with Crippen LogP contribution in [-0.4, -0.2) is 41.6 Å². The lowest BCUT2D eigenvalue weighted by Crippen LogP contribution is -2.52. The van der Waals surface area contributed by atoms with Gasteiger partial charge in [-0.3, -0.25) is 14.8 Å². The van der Waals surface area contributed by atoms with Crippen molar-refractivity contribution in [2.24, 2.45) is 5.41 Å². The Kier molecular flexibility index (Phi) is 5.57. The number of carbonyl (C=O) groups is 2. The van der Waals surface area contributed by atoms with Crippen molar-refractivity contribution in [1.29, 1.82) is 0 Å². The topological polar surface area (TPSA) is 130 Å². The summed E-state index contributed by atoms with van der Waals surface area (Å²) in [6.07, 6.45) is 3.78. The number of nitrogens with zero attached hydrogens (tertiary/aromatic N) is 2. The zero-order chi connectivity index (χ0) is 24.0. The van der Waals surface area contributed by atoms with Gasteiger partial charge in [0.1, 0.15) is 16.4 Å². The fraction of sp³-hybridized carbons (Fsp3) is 0.286. The van der Waals surface area contributed by atoms with Gasteiger partial charge >= 0.3 is 6.09 Å². The first-order chi connectivity index (χ1) is 15.5. The van der Waals surface area contributed by atoms with E-state index in [1.165, 1.54) is 12.3 Å². The van der Waals surface area contributed by atoms with Crippen molar-refractivity contribution in [2.75, 3.05) is 11.6 Å². The Morgan fingerprint density at radius 2 is 1.91 bits per heavy atom. The largest absolute Gasteiger partial charge is 0.465 e. The van der Waals surface area contributed by atoms with E-state index in [4.69, 9.17) is 11.6 Å². The van der Waals surface area contributed by atoms with E-state index in [1.807, 2.05) is 4.72 Å². The van der Waals surface area contributed by atoms with Crippen LogP contribution in [0.15, 0.2) is 54.5 Å². The van der Waals surface area contributed by atoms with E-state index >= 15 is 4.39 Å². The summed E-state index contributed by atoms with van der Waals surface area (Å²) >= 11 is 6.15. The van der Waals surface area contributed by atoms with Gasteiger partial charge in [0, 0.05) is 12.0 Å². The predicted molar refractivity (Wildman–Crippen MR) is 120 cm³/mol. The van der Waals surface area contributed by atoms with Crippen molar-refractivity contribution in [3.63, 3.8) is 0 Å². The van der Waals surface area contributed by atoms with Crippen LogP contribution in [0.25, 0.3) is 5.57 Å². The molecule has 3 N–H and O–H groups in total. The molecule has 1 fully saturated rings. The number of aromatic nitrogens is 2. The Balaban J connectivity index is 1.88. The summed E-state index contributed by atoms with van der Waals surface area (Å²) in [4.78, 5) is 24.5. The monoisotopic (exact) mass is 494 g/mol. The smallest absolute Gasteiger partial charge is 0.410 e. The number of rotatable bonds is 6. The van der Waals surface area contributed by atoms with E-state index < -0.39 is 38.8 Å². The van der Waals surface area contributed by atoms with Crippen LogP contribution in [0.4, 0.5) is 15.0 Å². The maximum absolute atomic E-state index is 15.6. The van der Waals surface area contributed by atoms with Gasteiger partial charge in [0.15, 0.2) is 5.82 Å². The summed E-state index contributed by atoms with van der Waals surface area (Å²) in [5.74, 6) is -1.53. The van der Waals surface area contributed by atoms with Gasteiger partial charge in [0.05, 0.1) is 17.9 Å². The number of carbonyl (C=O) groups excluding carboxylic acids is 1. The quantitative estimate of drug-likeness (QED) is 0.563. The summed E-state index contributed by atoms with van der Waals surface area (Å²) in [6.45, 7) is 0. The van der Waals surface area contributed by atoms with Crippen LogP contribution in [-0.2, 0) is 20.4 Å². The van der Waals surface area contributed by atoms with Crippen LogP contribution >= 0.6 is 11.6 Å². The van der Waals surface area contributed by atoms with Gasteiger partial charge in [-0.25, -0.2) is 22.3 Å². The number of nitrogens with one attached hydrogen (secondary N) is 2. The summed E-state index contributed by atoms with van der Waals surface area (Å²) in [7, 11) is -3.90. The maximum atomic E-state index is 15.6. The number of carboxylic acid groups (broad SMARTS) is 1. The summed E-state index contributed by atoms with van der Waals surface area (Å²) in [5, 5.41) is 15.5. The van der Waals surface area contributed by atoms with E-state index in [0.29, 0.717) is 11.1 Å². The number of sulfonamides is 1. The van der Waals surface area contributed by atoms with Gasteiger partial charge in [-0.2, -0.15) is 5.10 Å². The van der Waals surface area contributed by atoms with Crippen molar-refractivity contribution >= 4 is 45.0 Å². The highest BCUT2D eigenvalue weighted by molar-refractivity contribution is 7.89. The molecule has 4 rings (SSSR count). The Labute approximate surface area is 194 Å². The normalized spacial score (nSPS) is 21.5. The molecule has 2 aliphatic carbocycles. The van der Waals surface area contributed by atoms with E-state index in [-0.39, 0.29) is 30.1 Å². The molecule has 9 nitrogen and oxygen atoms in total. The lowest BCUT2D eigenvalue weighted by atomic mass is 9.73. The molecule has 0 spiro atoms. The Bertz CT molecular complexity index is 1300. The van der Waals surface area contributed by atoms with Crippen molar-refractivity contribution < 1.29 is 27.5 Å². The number of amides is 2. The zero-order valence-corrected chi connectivity index (χ0v) is 19.0. The molecule has 1 aromatic heterocycles. The zero-order valence-electron chi connectivity index (χ0n) is 17.4. The van der Waals surface area contributed by atoms with E-state index in [0.717, 1.165) is 10.9 Å². The molecule has 33 heavy (non-hydrogen) atoms. The third-order valence-corrected chi connectivity index (χ3v) is 6.78. The number of hydrogen-bond donors (Lipinski definition) is 3. The predicted octanol–water partition coefficient (Wildman–Crippen LogP) is 3.52. The first kappa shape index (κ1) is 23.0. The van der Waals surface area contributed by atoms with Crippen molar-refractivity contribution in [1.82, 2.24) is 14.5 Å². The van der Waals surface area contributed by atoms with Gasteiger partial charge in [-0.05, 0) is 18.4 Å². The molecular formula is C21H20ClFN4O5S. The van der Waals surface area contributed by atoms with E-state index in [2.05, 4.69) is 10.4 Å². The Morgan fingerprint density at radius 1 is 1.24 bits per heavy atom. The van der Waals surface area contributed by atoms with Crippen LogP contribution in [0, 0.1) is 5.41 Å². The molecule has 1 unspecified atom stereocenters. The standard InChI is InChI=1S/C21H20ClFN4O5S/c1-33(31,32)26-18(28)20(9-10-20)21(27-17(25-19(29)30)15(22)12-24-27)8-7-14(16(23)11-21)13-5-3-2-4-6-13/h2-8,12,25H,9-11H2,1H3,(H,26,28)(H,29,30). The summed E-state index contributed by atoms with van der Waals surface area (Å²) < 4.78 is 42.4. The van der Waals surface area contributed by atoms with Crippen molar-refractivity contribution in [3.05, 3.63) is 65.1 Å². The summed E-state index contributed by atoms with van der Waals surface area (Å²) in [6, 6.07) is 8.78. The average molecular weight is 495 g/mol. The van der Waals surface area contributed by atoms with Gasteiger partial charge in [-0.15, -0.1) is 0 Å². The van der Waals surface area contributed by atoms with Gasteiger partial charge < -0.3 is 5.11 Å². The fourth-order valence-corrected chi connectivity index (χ4v) is 5.05. The first-order valence-electron chi connectivity index (χ1n) is 9.89. The third kappa shape index (κ3) is 4.02. The minimum atomic E-state index is -3.90. The second-order valence-corrected chi connectivity index (χ2v) is 10.2. The Hall–Kier alpha value is -3.18. The molecule has 2 aliphatic rings. The highest BCUT2D eigenvalue weighted by Crippen LogP contribution is 2.63. The van der Waals surface area contributed by atoms with Crippen LogP contribution in [0.1, 0.15) is 24.8 Å². The van der Waals surface area contributed by atoms with Crippen LogP contribution in [0.5, 0.6) is 0 Å². The number of benzene rings is 1. The van der Waals surface area contributed by atoms with Gasteiger partial charge in [0.2, 0.25) is 15.9 Å². The molecule has 1 atom stereocenters. The van der Waals surface area contributed by atoms with Crippen LogP contribution in [0.2, 0.25) is 5.02 Å². The highest BCUT2D eigenvalue weighted by Gasteiger charge is 2.66.